The lowest BCUT2D eigenvalue weighted by Gasteiger charge is -2.35. The molecule has 0 bridgehead atoms. The lowest BCUT2D eigenvalue weighted by atomic mass is 9.91. The summed E-state index contributed by atoms with van der Waals surface area (Å²) in [5, 5.41) is 8.06. The molecule has 2 aliphatic rings. The summed E-state index contributed by atoms with van der Waals surface area (Å²) >= 11 is 0. The first-order valence-electron chi connectivity index (χ1n) is 10.8. The molecular weight excluding hydrogens is 354 g/mol. The number of likely N-dealkylation sites (tertiary alicyclic amines) is 1. The van der Waals surface area contributed by atoms with Gasteiger partial charge in [0.15, 0.2) is 11.5 Å². The van der Waals surface area contributed by atoms with E-state index in [2.05, 4.69) is 32.2 Å². The molecule has 4 heterocycles. The van der Waals surface area contributed by atoms with Gasteiger partial charge in [0, 0.05) is 12.6 Å². The molecule has 0 aromatic carbocycles. The summed E-state index contributed by atoms with van der Waals surface area (Å²) in [5.41, 5.74) is 7.83. The molecular formula is C20H33N7O. The van der Waals surface area contributed by atoms with Crippen molar-refractivity contribution in [2.24, 2.45) is 5.92 Å². The SMILES string of the molecule is CCC[C@H](C)Oc1nc(N)c2ncc(CC3CCN(C4CCNC4)CC3)n2n1. The minimum Gasteiger partial charge on any atom is -0.459 e. The molecule has 8 heteroatoms. The number of nitrogens with one attached hydrogen (secondary N) is 1. The van der Waals surface area contributed by atoms with Crippen LogP contribution in [0.5, 0.6) is 6.01 Å². The first kappa shape index (κ1) is 19.4. The molecule has 154 valence electrons. The van der Waals surface area contributed by atoms with E-state index < -0.39 is 0 Å². The van der Waals surface area contributed by atoms with Crippen molar-refractivity contribution in [2.45, 2.75) is 64.5 Å². The second kappa shape index (κ2) is 8.61. The Morgan fingerprint density at radius 2 is 2.14 bits per heavy atom. The molecule has 2 aliphatic heterocycles. The average Bonchev–Trinajstić information content (AvgIpc) is 3.34. The zero-order valence-corrected chi connectivity index (χ0v) is 17.1. The van der Waals surface area contributed by atoms with Crippen LogP contribution in [0, 0.1) is 5.92 Å². The standard InChI is InChI=1S/C20H33N7O/c1-3-4-14(2)28-20-24-18(21)19-23-13-17(27(19)25-20)11-15-6-9-26(10-7-15)16-5-8-22-12-16/h13-16,22H,3-12H2,1-2H3,(H2,21,24,25)/t14-,16?/m0/s1. The van der Waals surface area contributed by atoms with Crippen LogP contribution in [0.1, 0.15) is 51.6 Å². The molecule has 4 rings (SSSR count). The molecule has 2 saturated heterocycles. The molecule has 0 amide bonds. The van der Waals surface area contributed by atoms with Gasteiger partial charge in [-0.05, 0) is 64.6 Å². The predicted octanol–water partition coefficient (Wildman–Crippen LogP) is 1.89. The highest BCUT2D eigenvalue weighted by Crippen LogP contribution is 2.25. The van der Waals surface area contributed by atoms with Gasteiger partial charge in [0.05, 0.1) is 18.0 Å². The van der Waals surface area contributed by atoms with Gasteiger partial charge in [0.25, 0.3) is 0 Å². The Bertz CT molecular complexity index is 778. The molecule has 28 heavy (non-hydrogen) atoms. The zero-order chi connectivity index (χ0) is 19.5. The lowest BCUT2D eigenvalue weighted by molar-refractivity contribution is 0.140. The van der Waals surface area contributed by atoms with E-state index in [0.717, 1.165) is 44.1 Å². The van der Waals surface area contributed by atoms with Gasteiger partial charge in [-0.1, -0.05) is 13.3 Å². The Labute approximate surface area is 166 Å². The number of imidazole rings is 1. The van der Waals surface area contributed by atoms with Gasteiger partial charge < -0.3 is 15.8 Å². The van der Waals surface area contributed by atoms with Gasteiger partial charge in [-0.25, -0.2) is 9.50 Å². The van der Waals surface area contributed by atoms with Crippen molar-refractivity contribution >= 4 is 11.5 Å². The van der Waals surface area contributed by atoms with Crippen LogP contribution in [0.25, 0.3) is 5.65 Å². The first-order chi connectivity index (χ1) is 13.6. The Kier molecular flexibility index (Phi) is 5.96. The molecule has 0 saturated carbocycles. The number of nitrogens with zero attached hydrogens (tertiary/aromatic N) is 5. The first-order valence-corrected chi connectivity index (χ1v) is 10.8. The molecule has 2 fully saturated rings. The molecule has 1 unspecified atom stereocenters. The number of anilines is 1. The third-order valence-corrected chi connectivity index (χ3v) is 6.14. The minimum absolute atomic E-state index is 0.0724. The van der Waals surface area contributed by atoms with Crippen LogP contribution in [0.2, 0.25) is 0 Å². The van der Waals surface area contributed by atoms with E-state index in [4.69, 9.17) is 10.5 Å². The molecule has 0 radical (unpaired) electrons. The van der Waals surface area contributed by atoms with Crippen LogP contribution >= 0.6 is 0 Å². The van der Waals surface area contributed by atoms with E-state index in [1.807, 2.05) is 17.6 Å². The van der Waals surface area contributed by atoms with Crippen LogP contribution in [-0.2, 0) is 6.42 Å². The molecule has 2 aromatic heterocycles. The Hall–Kier alpha value is -1.93. The van der Waals surface area contributed by atoms with Crippen LogP contribution in [0.3, 0.4) is 0 Å². The van der Waals surface area contributed by atoms with E-state index in [1.165, 1.54) is 32.4 Å². The number of aromatic nitrogens is 4. The summed E-state index contributed by atoms with van der Waals surface area (Å²) in [7, 11) is 0. The van der Waals surface area contributed by atoms with Gasteiger partial charge in [-0.2, -0.15) is 4.98 Å². The smallest absolute Gasteiger partial charge is 0.336 e. The maximum Gasteiger partial charge on any atom is 0.336 e. The average molecular weight is 388 g/mol. The number of ether oxygens (including phenoxy) is 1. The third kappa shape index (κ3) is 4.22. The van der Waals surface area contributed by atoms with E-state index in [1.54, 1.807) is 0 Å². The second-order valence-corrected chi connectivity index (χ2v) is 8.31. The molecule has 8 nitrogen and oxygen atoms in total. The summed E-state index contributed by atoms with van der Waals surface area (Å²) < 4.78 is 7.70. The van der Waals surface area contributed by atoms with Gasteiger partial charge in [-0.15, -0.1) is 5.10 Å². The van der Waals surface area contributed by atoms with Gasteiger partial charge in [0.2, 0.25) is 0 Å². The third-order valence-electron chi connectivity index (χ3n) is 6.14. The van der Waals surface area contributed by atoms with Crippen molar-refractivity contribution in [3.63, 3.8) is 0 Å². The van der Waals surface area contributed by atoms with E-state index in [9.17, 15) is 0 Å². The maximum absolute atomic E-state index is 6.11. The summed E-state index contributed by atoms with van der Waals surface area (Å²) in [5.74, 6) is 1.04. The molecule has 2 aromatic rings. The highest BCUT2D eigenvalue weighted by Gasteiger charge is 2.27. The lowest BCUT2D eigenvalue weighted by Crippen LogP contribution is -2.42. The van der Waals surface area contributed by atoms with Crippen molar-refractivity contribution in [1.82, 2.24) is 29.8 Å². The normalized spacial score (nSPS) is 22.7. The number of rotatable bonds is 7. The number of hydrogen-bond acceptors (Lipinski definition) is 7. The predicted molar refractivity (Wildman–Crippen MR) is 109 cm³/mol. The molecule has 3 N–H and O–H groups in total. The molecule has 0 aliphatic carbocycles. The van der Waals surface area contributed by atoms with Crippen molar-refractivity contribution in [3.8, 4) is 6.01 Å². The summed E-state index contributed by atoms with van der Waals surface area (Å²) in [4.78, 5) is 11.4. The van der Waals surface area contributed by atoms with Crippen LogP contribution in [0.15, 0.2) is 6.20 Å². The van der Waals surface area contributed by atoms with E-state index >= 15 is 0 Å². The van der Waals surface area contributed by atoms with E-state index in [-0.39, 0.29) is 6.10 Å². The monoisotopic (exact) mass is 387 g/mol. The Balaban J connectivity index is 1.43. The fraction of sp³-hybridized carbons (Fsp3) is 0.750. The highest BCUT2D eigenvalue weighted by molar-refractivity contribution is 5.59. The number of piperidine rings is 1. The fourth-order valence-electron chi connectivity index (χ4n) is 4.53. The van der Waals surface area contributed by atoms with Crippen molar-refractivity contribution in [3.05, 3.63) is 11.9 Å². The molecule has 0 spiro atoms. The fourth-order valence-corrected chi connectivity index (χ4v) is 4.53. The van der Waals surface area contributed by atoms with Crippen molar-refractivity contribution in [2.75, 3.05) is 31.9 Å². The van der Waals surface area contributed by atoms with Gasteiger partial charge in [0.1, 0.15) is 0 Å². The summed E-state index contributed by atoms with van der Waals surface area (Å²) in [6, 6.07) is 1.07. The maximum atomic E-state index is 6.11. The zero-order valence-electron chi connectivity index (χ0n) is 17.1. The van der Waals surface area contributed by atoms with Gasteiger partial charge in [-0.3, -0.25) is 4.90 Å². The van der Waals surface area contributed by atoms with Crippen LogP contribution in [-0.4, -0.2) is 62.8 Å². The topological polar surface area (TPSA) is 93.6 Å². The number of fused-ring (bicyclic) bond motifs is 1. The Morgan fingerprint density at radius 3 is 2.86 bits per heavy atom. The summed E-state index contributed by atoms with van der Waals surface area (Å²) in [6.45, 7) is 8.86. The number of nitrogen functional groups attached to an aromatic ring is 1. The van der Waals surface area contributed by atoms with E-state index in [0.29, 0.717) is 23.4 Å². The quantitative estimate of drug-likeness (QED) is 0.749. The van der Waals surface area contributed by atoms with Crippen LogP contribution < -0.4 is 15.8 Å². The van der Waals surface area contributed by atoms with Crippen molar-refractivity contribution < 1.29 is 4.74 Å². The van der Waals surface area contributed by atoms with Crippen molar-refractivity contribution in [1.29, 1.82) is 0 Å². The minimum atomic E-state index is 0.0724. The second-order valence-electron chi connectivity index (χ2n) is 8.31. The Morgan fingerprint density at radius 1 is 1.32 bits per heavy atom. The molecule has 2 atom stereocenters. The van der Waals surface area contributed by atoms with Crippen LogP contribution in [0.4, 0.5) is 5.82 Å². The number of hydrogen-bond donors (Lipinski definition) is 2. The highest BCUT2D eigenvalue weighted by atomic mass is 16.5. The largest absolute Gasteiger partial charge is 0.459 e. The summed E-state index contributed by atoms with van der Waals surface area (Å²) in [6.07, 6.45) is 8.70. The van der Waals surface area contributed by atoms with Gasteiger partial charge >= 0.3 is 6.01 Å². The number of nitrogens with two attached hydrogens (primary N) is 1.